The van der Waals surface area contributed by atoms with E-state index in [0.29, 0.717) is 0 Å². The number of benzene rings is 1. The van der Waals surface area contributed by atoms with E-state index in [1.165, 1.54) is 0 Å². The first kappa shape index (κ1) is 9.70. The standard InChI is InChI=1S/C9H12N2O2/c10-11-9(13)8(6-12)7-4-2-1-3-5-7/h1-5,8,12H,6,10H2,(H,11,13)/t8-/m1/s1. The average Bonchev–Trinajstić information content (AvgIpc) is 2.20. The highest BCUT2D eigenvalue weighted by atomic mass is 16.3. The van der Waals surface area contributed by atoms with Crippen molar-refractivity contribution in [3.63, 3.8) is 0 Å². The van der Waals surface area contributed by atoms with Crippen molar-refractivity contribution in [2.45, 2.75) is 5.92 Å². The number of nitrogens with two attached hydrogens (primary N) is 1. The van der Waals surface area contributed by atoms with Crippen LogP contribution in [0.4, 0.5) is 0 Å². The fourth-order valence-corrected chi connectivity index (χ4v) is 1.13. The predicted molar refractivity (Wildman–Crippen MR) is 48.6 cm³/mol. The van der Waals surface area contributed by atoms with Crippen LogP contribution in [0, 0.1) is 0 Å². The van der Waals surface area contributed by atoms with Crippen LogP contribution < -0.4 is 11.3 Å². The van der Waals surface area contributed by atoms with Gasteiger partial charge in [-0.15, -0.1) is 0 Å². The first-order valence-corrected chi connectivity index (χ1v) is 3.96. The highest BCUT2D eigenvalue weighted by molar-refractivity contribution is 5.83. The molecule has 0 bridgehead atoms. The van der Waals surface area contributed by atoms with Gasteiger partial charge >= 0.3 is 0 Å². The molecule has 4 nitrogen and oxygen atoms in total. The number of carbonyl (C=O) groups excluding carboxylic acids is 1. The zero-order chi connectivity index (χ0) is 9.68. The van der Waals surface area contributed by atoms with E-state index < -0.39 is 5.92 Å². The molecule has 1 aromatic rings. The summed E-state index contributed by atoms with van der Waals surface area (Å²) in [5.74, 6) is 4.02. The number of aliphatic hydroxyl groups excluding tert-OH is 1. The third-order valence-electron chi connectivity index (χ3n) is 1.84. The number of hydrogen-bond donors (Lipinski definition) is 3. The van der Waals surface area contributed by atoms with Gasteiger partial charge in [0.25, 0.3) is 0 Å². The largest absolute Gasteiger partial charge is 0.395 e. The van der Waals surface area contributed by atoms with Crippen LogP contribution in [0.15, 0.2) is 30.3 Å². The number of carbonyl (C=O) groups is 1. The number of hydrogen-bond acceptors (Lipinski definition) is 3. The number of amides is 1. The zero-order valence-corrected chi connectivity index (χ0v) is 7.10. The molecule has 0 aliphatic rings. The lowest BCUT2D eigenvalue weighted by molar-refractivity contribution is -0.123. The van der Waals surface area contributed by atoms with Crippen LogP contribution in [0.5, 0.6) is 0 Å². The Bertz CT molecular complexity index is 274. The molecule has 0 radical (unpaired) electrons. The molecule has 0 aliphatic carbocycles. The minimum Gasteiger partial charge on any atom is -0.395 e. The summed E-state index contributed by atoms with van der Waals surface area (Å²) < 4.78 is 0. The summed E-state index contributed by atoms with van der Waals surface area (Å²) in [6, 6.07) is 9.01. The van der Waals surface area contributed by atoms with Crippen molar-refractivity contribution in [1.82, 2.24) is 5.43 Å². The molecule has 4 heteroatoms. The fourth-order valence-electron chi connectivity index (χ4n) is 1.13. The third kappa shape index (κ3) is 2.27. The highest BCUT2D eigenvalue weighted by Gasteiger charge is 2.17. The van der Waals surface area contributed by atoms with Gasteiger partial charge in [-0.1, -0.05) is 30.3 Å². The van der Waals surface area contributed by atoms with Crippen LogP contribution in [0.3, 0.4) is 0 Å². The molecule has 0 fully saturated rings. The second kappa shape index (κ2) is 4.59. The first-order valence-electron chi connectivity index (χ1n) is 3.96. The maximum Gasteiger partial charge on any atom is 0.243 e. The van der Waals surface area contributed by atoms with Gasteiger partial charge in [-0.2, -0.15) is 0 Å². The van der Waals surface area contributed by atoms with Crippen molar-refractivity contribution in [1.29, 1.82) is 0 Å². The summed E-state index contributed by atoms with van der Waals surface area (Å²) in [6.45, 7) is -0.243. The van der Waals surface area contributed by atoms with Crippen LogP contribution in [-0.4, -0.2) is 17.6 Å². The summed E-state index contributed by atoms with van der Waals surface area (Å²) in [7, 11) is 0. The molecule has 0 aliphatic heterocycles. The Kier molecular flexibility index (Phi) is 3.42. The summed E-state index contributed by atoms with van der Waals surface area (Å²) in [4.78, 5) is 11.1. The topological polar surface area (TPSA) is 75.3 Å². The SMILES string of the molecule is NNC(=O)[C@H](CO)c1ccccc1. The van der Waals surface area contributed by atoms with Gasteiger partial charge in [0.05, 0.1) is 12.5 Å². The number of nitrogens with one attached hydrogen (secondary N) is 1. The molecule has 0 aromatic heterocycles. The Morgan fingerprint density at radius 1 is 1.46 bits per heavy atom. The van der Waals surface area contributed by atoms with Crippen LogP contribution in [-0.2, 0) is 4.79 Å². The Morgan fingerprint density at radius 3 is 2.54 bits per heavy atom. The van der Waals surface area contributed by atoms with Crippen LogP contribution in [0.2, 0.25) is 0 Å². The van der Waals surface area contributed by atoms with E-state index in [-0.39, 0.29) is 12.5 Å². The van der Waals surface area contributed by atoms with Crippen LogP contribution in [0.25, 0.3) is 0 Å². The Hall–Kier alpha value is -1.39. The summed E-state index contributed by atoms with van der Waals surface area (Å²) in [5, 5.41) is 8.96. The van der Waals surface area contributed by atoms with Gasteiger partial charge in [0, 0.05) is 0 Å². The van der Waals surface area contributed by atoms with E-state index in [4.69, 9.17) is 10.9 Å². The predicted octanol–water partition coefficient (Wildman–Crippen LogP) is -0.248. The van der Waals surface area contributed by atoms with E-state index in [2.05, 4.69) is 0 Å². The molecule has 0 heterocycles. The Balaban J connectivity index is 2.85. The number of rotatable bonds is 3. The molecule has 0 unspecified atom stereocenters. The van der Waals surface area contributed by atoms with E-state index >= 15 is 0 Å². The molecule has 4 N–H and O–H groups in total. The molecule has 0 saturated carbocycles. The number of aliphatic hydroxyl groups is 1. The van der Waals surface area contributed by atoms with Gasteiger partial charge in [0.1, 0.15) is 0 Å². The van der Waals surface area contributed by atoms with E-state index in [1.807, 2.05) is 23.6 Å². The molecule has 1 rings (SSSR count). The second-order valence-electron chi connectivity index (χ2n) is 2.65. The maximum atomic E-state index is 11.1. The molecular weight excluding hydrogens is 168 g/mol. The monoisotopic (exact) mass is 180 g/mol. The van der Waals surface area contributed by atoms with Crippen molar-refractivity contribution in [3.05, 3.63) is 35.9 Å². The minimum atomic E-state index is -0.578. The van der Waals surface area contributed by atoms with Gasteiger partial charge < -0.3 is 5.11 Å². The third-order valence-corrected chi connectivity index (χ3v) is 1.84. The van der Waals surface area contributed by atoms with Crippen molar-refractivity contribution < 1.29 is 9.90 Å². The van der Waals surface area contributed by atoms with Gasteiger partial charge in [-0.05, 0) is 5.56 Å². The highest BCUT2D eigenvalue weighted by Crippen LogP contribution is 2.13. The molecule has 13 heavy (non-hydrogen) atoms. The van der Waals surface area contributed by atoms with E-state index in [9.17, 15) is 4.79 Å². The Morgan fingerprint density at radius 2 is 2.08 bits per heavy atom. The fraction of sp³-hybridized carbons (Fsp3) is 0.222. The quantitative estimate of drug-likeness (QED) is 0.341. The van der Waals surface area contributed by atoms with Gasteiger partial charge in [0.15, 0.2) is 0 Å². The zero-order valence-electron chi connectivity index (χ0n) is 7.10. The minimum absolute atomic E-state index is 0.243. The lowest BCUT2D eigenvalue weighted by atomic mass is 10.00. The van der Waals surface area contributed by atoms with Crippen LogP contribution >= 0.6 is 0 Å². The first-order chi connectivity index (χ1) is 6.29. The van der Waals surface area contributed by atoms with Crippen LogP contribution in [0.1, 0.15) is 11.5 Å². The lowest BCUT2D eigenvalue weighted by Crippen LogP contribution is -2.36. The van der Waals surface area contributed by atoms with Crippen molar-refractivity contribution in [2.24, 2.45) is 5.84 Å². The molecule has 0 saturated heterocycles. The maximum absolute atomic E-state index is 11.1. The van der Waals surface area contributed by atoms with Crippen molar-refractivity contribution in [3.8, 4) is 0 Å². The van der Waals surface area contributed by atoms with Gasteiger partial charge in [0.2, 0.25) is 5.91 Å². The molecule has 0 spiro atoms. The molecular formula is C9H12N2O2. The lowest BCUT2D eigenvalue weighted by Gasteiger charge is -2.11. The van der Waals surface area contributed by atoms with Crippen molar-refractivity contribution in [2.75, 3.05) is 6.61 Å². The average molecular weight is 180 g/mol. The smallest absolute Gasteiger partial charge is 0.243 e. The second-order valence-corrected chi connectivity index (χ2v) is 2.65. The molecule has 1 aromatic carbocycles. The molecule has 1 atom stereocenters. The normalized spacial score (nSPS) is 12.2. The molecule has 1 amide bonds. The van der Waals surface area contributed by atoms with Gasteiger partial charge in [-0.25, -0.2) is 5.84 Å². The summed E-state index contributed by atoms with van der Waals surface area (Å²) in [5.41, 5.74) is 2.77. The summed E-state index contributed by atoms with van der Waals surface area (Å²) >= 11 is 0. The number of hydrazine groups is 1. The molecule has 70 valence electrons. The van der Waals surface area contributed by atoms with E-state index in [0.717, 1.165) is 5.56 Å². The van der Waals surface area contributed by atoms with Crippen molar-refractivity contribution >= 4 is 5.91 Å². The summed E-state index contributed by atoms with van der Waals surface area (Å²) in [6.07, 6.45) is 0. The van der Waals surface area contributed by atoms with Gasteiger partial charge in [-0.3, -0.25) is 10.2 Å². The Labute approximate surface area is 76.3 Å². The van der Waals surface area contributed by atoms with E-state index in [1.54, 1.807) is 12.1 Å².